The van der Waals surface area contributed by atoms with Crippen LogP contribution in [-0.4, -0.2) is 5.11 Å². The molecule has 0 amide bonds. The van der Waals surface area contributed by atoms with Crippen molar-refractivity contribution in [1.29, 1.82) is 0 Å². The van der Waals surface area contributed by atoms with Crippen molar-refractivity contribution in [3.8, 4) is 5.75 Å². The zero-order chi connectivity index (χ0) is 9.34. The standard InChI is InChI=1S/C13H14O/c14-11-5-8-2-1-3-13-7-10(13)4-9(6-11)12(8)13/h5-6,10,14H,1-4,7H2. The Bertz CT molecular complexity index is 435. The Morgan fingerprint density at radius 1 is 1.29 bits per heavy atom. The smallest absolute Gasteiger partial charge is 0.116 e. The molecule has 2 atom stereocenters. The molecule has 72 valence electrons. The second-order valence-corrected chi connectivity index (χ2v) is 5.25. The minimum atomic E-state index is 0.483. The summed E-state index contributed by atoms with van der Waals surface area (Å²) >= 11 is 0. The molecule has 1 nitrogen and oxygen atoms in total. The van der Waals surface area contributed by atoms with E-state index in [0.29, 0.717) is 11.2 Å². The lowest BCUT2D eigenvalue weighted by atomic mass is 9.80. The first kappa shape index (κ1) is 7.33. The van der Waals surface area contributed by atoms with Gasteiger partial charge in [0.15, 0.2) is 0 Å². The Kier molecular flexibility index (Phi) is 1.05. The highest BCUT2D eigenvalue weighted by atomic mass is 16.3. The van der Waals surface area contributed by atoms with Gasteiger partial charge < -0.3 is 5.11 Å². The molecule has 1 aromatic rings. The van der Waals surface area contributed by atoms with Gasteiger partial charge in [-0.1, -0.05) is 0 Å². The lowest BCUT2D eigenvalue weighted by Gasteiger charge is -2.25. The van der Waals surface area contributed by atoms with Gasteiger partial charge in [-0.05, 0) is 72.3 Å². The van der Waals surface area contributed by atoms with Crippen molar-refractivity contribution in [3.63, 3.8) is 0 Å². The van der Waals surface area contributed by atoms with E-state index in [1.54, 1.807) is 5.56 Å². The van der Waals surface area contributed by atoms with E-state index in [-0.39, 0.29) is 0 Å². The SMILES string of the molecule is Oc1cc2c3c(c1)CC1CC31CCC2. The van der Waals surface area contributed by atoms with Gasteiger partial charge in [-0.3, -0.25) is 0 Å². The van der Waals surface area contributed by atoms with Crippen molar-refractivity contribution in [2.75, 3.05) is 0 Å². The molecule has 1 N–H and O–H groups in total. The molecule has 0 saturated heterocycles. The molecule has 14 heavy (non-hydrogen) atoms. The second-order valence-electron chi connectivity index (χ2n) is 5.25. The molecule has 3 aliphatic rings. The largest absolute Gasteiger partial charge is 0.508 e. The van der Waals surface area contributed by atoms with Crippen LogP contribution in [0.4, 0.5) is 0 Å². The lowest BCUT2D eigenvalue weighted by Crippen LogP contribution is -2.15. The number of benzene rings is 1. The van der Waals surface area contributed by atoms with E-state index < -0.39 is 0 Å². The Labute approximate surface area is 83.8 Å². The summed E-state index contributed by atoms with van der Waals surface area (Å²) in [5, 5.41) is 9.62. The highest BCUT2D eigenvalue weighted by Gasteiger charge is 2.61. The van der Waals surface area contributed by atoms with Crippen LogP contribution in [0, 0.1) is 5.92 Å². The maximum Gasteiger partial charge on any atom is 0.116 e. The molecule has 4 rings (SSSR count). The minimum Gasteiger partial charge on any atom is -0.508 e. The molecule has 0 radical (unpaired) electrons. The summed E-state index contributed by atoms with van der Waals surface area (Å²) in [5.41, 5.74) is 5.14. The van der Waals surface area contributed by atoms with Crippen molar-refractivity contribution in [2.45, 2.75) is 37.5 Å². The molecular weight excluding hydrogens is 172 g/mol. The maximum atomic E-state index is 9.62. The molecule has 0 aliphatic heterocycles. The summed E-state index contributed by atoms with van der Waals surface area (Å²) in [7, 11) is 0. The summed E-state index contributed by atoms with van der Waals surface area (Å²) in [6.07, 6.45) is 6.58. The van der Waals surface area contributed by atoms with Gasteiger partial charge >= 0.3 is 0 Å². The average Bonchev–Trinajstić information content (AvgIpc) is 2.70. The highest BCUT2D eigenvalue weighted by molar-refractivity contribution is 5.55. The van der Waals surface area contributed by atoms with Crippen molar-refractivity contribution in [2.24, 2.45) is 5.92 Å². The Morgan fingerprint density at radius 3 is 3.07 bits per heavy atom. The predicted octanol–water partition coefficient (Wildman–Crippen LogP) is 2.54. The van der Waals surface area contributed by atoms with E-state index in [4.69, 9.17) is 0 Å². The van der Waals surface area contributed by atoms with E-state index in [1.165, 1.54) is 43.2 Å². The van der Waals surface area contributed by atoms with Crippen molar-refractivity contribution >= 4 is 0 Å². The highest BCUT2D eigenvalue weighted by Crippen LogP contribution is 2.67. The van der Waals surface area contributed by atoms with E-state index in [2.05, 4.69) is 0 Å². The fourth-order valence-corrected chi connectivity index (χ4v) is 3.99. The summed E-state index contributed by atoms with van der Waals surface area (Å²) in [6, 6.07) is 4.00. The lowest BCUT2D eigenvalue weighted by molar-refractivity contribution is 0.470. The van der Waals surface area contributed by atoms with Crippen LogP contribution in [0.1, 0.15) is 36.0 Å². The molecule has 3 aliphatic carbocycles. The van der Waals surface area contributed by atoms with E-state index in [9.17, 15) is 5.11 Å². The number of phenolic OH excluding ortho intramolecular Hbond substituents is 1. The van der Waals surface area contributed by atoms with Gasteiger partial charge in [-0.15, -0.1) is 0 Å². The number of aromatic hydroxyl groups is 1. The maximum absolute atomic E-state index is 9.62. The molecule has 0 aromatic heterocycles. The fraction of sp³-hybridized carbons (Fsp3) is 0.538. The minimum absolute atomic E-state index is 0.483. The monoisotopic (exact) mass is 186 g/mol. The first-order valence-electron chi connectivity index (χ1n) is 5.65. The Hall–Kier alpha value is -0.980. The molecule has 0 bridgehead atoms. The van der Waals surface area contributed by atoms with Gasteiger partial charge in [0.25, 0.3) is 0 Å². The van der Waals surface area contributed by atoms with Crippen LogP contribution in [0.3, 0.4) is 0 Å². The topological polar surface area (TPSA) is 20.2 Å². The van der Waals surface area contributed by atoms with Gasteiger partial charge in [-0.2, -0.15) is 0 Å². The zero-order valence-electron chi connectivity index (χ0n) is 8.21. The third-order valence-electron chi connectivity index (χ3n) is 4.55. The van der Waals surface area contributed by atoms with Gasteiger partial charge in [0, 0.05) is 0 Å². The van der Waals surface area contributed by atoms with E-state index in [0.717, 1.165) is 5.92 Å². The molecule has 1 saturated carbocycles. The van der Waals surface area contributed by atoms with Crippen LogP contribution in [-0.2, 0) is 18.3 Å². The van der Waals surface area contributed by atoms with Crippen LogP contribution in [0.15, 0.2) is 12.1 Å². The zero-order valence-corrected chi connectivity index (χ0v) is 8.21. The van der Waals surface area contributed by atoms with Crippen LogP contribution in [0.25, 0.3) is 0 Å². The Morgan fingerprint density at radius 2 is 2.14 bits per heavy atom. The Balaban J connectivity index is 2.05. The third kappa shape index (κ3) is 0.658. The van der Waals surface area contributed by atoms with Gasteiger partial charge in [0.1, 0.15) is 5.75 Å². The van der Waals surface area contributed by atoms with Crippen LogP contribution < -0.4 is 0 Å². The number of phenols is 1. The second kappa shape index (κ2) is 2.00. The summed E-state index contributed by atoms with van der Waals surface area (Å²) in [6.45, 7) is 0. The van der Waals surface area contributed by atoms with Crippen LogP contribution >= 0.6 is 0 Å². The fourth-order valence-electron chi connectivity index (χ4n) is 3.99. The normalized spacial score (nSPS) is 36.4. The van der Waals surface area contributed by atoms with Crippen molar-refractivity contribution in [1.82, 2.24) is 0 Å². The van der Waals surface area contributed by atoms with Crippen molar-refractivity contribution in [3.05, 3.63) is 28.8 Å². The van der Waals surface area contributed by atoms with Crippen LogP contribution in [0.2, 0.25) is 0 Å². The van der Waals surface area contributed by atoms with Gasteiger partial charge in [0.05, 0.1) is 0 Å². The van der Waals surface area contributed by atoms with Gasteiger partial charge in [0.2, 0.25) is 0 Å². The molecule has 0 heterocycles. The summed E-state index contributed by atoms with van der Waals surface area (Å²) in [5.74, 6) is 1.41. The predicted molar refractivity (Wildman–Crippen MR) is 54.5 cm³/mol. The first-order chi connectivity index (χ1) is 6.79. The number of rotatable bonds is 0. The van der Waals surface area contributed by atoms with Crippen molar-refractivity contribution < 1.29 is 5.11 Å². The van der Waals surface area contributed by atoms with Gasteiger partial charge in [-0.25, -0.2) is 0 Å². The van der Waals surface area contributed by atoms with E-state index >= 15 is 0 Å². The summed E-state index contributed by atoms with van der Waals surface area (Å²) < 4.78 is 0. The molecule has 1 fully saturated rings. The average molecular weight is 186 g/mol. The first-order valence-corrected chi connectivity index (χ1v) is 5.65. The quantitative estimate of drug-likeness (QED) is 0.660. The van der Waals surface area contributed by atoms with Crippen LogP contribution in [0.5, 0.6) is 5.75 Å². The molecular formula is C13H14O. The third-order valence-corrected chi connectivity index (χ3v) is 4.55. The molecule has 1 heteroatoms. The number of hydrogen-bond donors (Lipinski definition) is 1. The molecule has 1 spiro atoms. The molecule has 2 unspecified atom stereocenters. The number of aryl methyl sites for hydroxylation is 1. The molecule has 1 aromatic carbocycles. The van der Waals surface area contributed by atoms with E-state index in [1.807, 2.05) is 12.1 Å². The number of hydrogen-bond acceptors (Lipinski definition) is 1. The summed E-state index contributed by atoms with van der Waals surface area (Å²) in [4.78, 5) is 0.